The zero-order valence-corrected chi connectivity index (χ0v) is 18.6. The molecule has 2 aliphatic rings. The van der Waals surface area contributed by atoms with Crippen molar-refractivity contribution in [1.29, 1.82) is 0 Å². The molecule has 0 saturated carbocycles. The Kier molecular flexibility index (Phi) is 6.31. The summed E-state index contributed by atoms with van der Waals surface area (Å²) in [5, 5.41) is 3.65. The van der Waals surface area contributed by atoms with Crippen LogP contribution in [0.4, 0.5) is 5.82 Å². The van der Waals surface area contributed by atoms with Crippen LogP contribution in [0, 0.1) is 5.92 Å². The highest BCUT2D eigenvalue weighted by Gasteiger charge is 2.31. The van der Waals surface area contributed by atoms with Crippen molar-refractivity contribution in [2.45, 2.75) is 12.5 Å². The van der Waals surface area contributed by atoms with Crippen LogP contribution in [0.3, 0.4) is 0 Å². The van der Waals surface area contributed by atoms with Gasteiger partial charge in [0.2, 0.25) is 0 Å². The summed E-state index contributed by atoms with van der Waals surface area (Å²) in [6, 6.07) is 10.7. The average molecular weight is 441 g/mol. The number of methoxy groups -OCH3 is 1. The summed E-state index contributed by atoms with van der Waals surface area (Å²) in [5.41, 5.74) is 2.13. The quantitative estimate of drug-likeness (QED) is 0.603. The largest absolute Gasteiger partial charge is 0.497 e. The van der Waals surface area contributed by atoms with Crippen LogP contribution in [0.15, 0.2) is 36.7 Å². The number of nitrogens with zero attached hydrogens (tertiary/aromatic N) is 3. The van der Waals surface area contributed by atoms with Gasteiger partial charge in [0, 0.05) is 43.1 Å². The number of hydrogen-bond acceptors (Lipinski definition) is 8. The lowest BCUT2D eigenvalue weighted by Gasteiger charge is -2.37. The maximum atomic E-state index is 5.70. The zero-order valence-electron chi connectivity index (χ0n) is 17.8. The lowest BCUT2D eigenvalue weighted by molar-refractivity contribution is 0.00460. The van der Waals surface area contributed by atoms with Crippen LogP contribution in [-0.4, -0.2) is 74.1 Å². The fraction of sp³-hybridized carbons (Fsp3) is 0.478. The molecule has 8 heteroatoms. The molecule has 0 radical (unpaired) electrons. The van der Waals surface area contributed by atoms with E-state index in [-0.39, 0.29) is 0 Å². The van der Waals surface area contributed by atoms with Gasteiger partial charge < -0.3 is 19.5 Å². The van der Waals surface area contributed by atoms with E-state index in [1.807, 2.05) is 12.1 Å². The van der Waals surface area contributed by atoms with Crippen molar-refractivity contribution < 1.29 is 14.2 Å². The third kappa shape index (κ3) is 4.52. The van der Waals surface area contributed by atoms with E-state index in [0.717, 1.165) is 79.8 Å². The first-order valence-corrected chi connectivity index (χ1v) is 11.7. The highest BCUT2D eigenvalue weighted by Crippen LogP contribution is 2.36. The summed E-state index contributed by atoms with van der Waals surface area (Å²) in [5.74, 6) is 2.31. The normalized spacial score (nSPS) is 20.7. The first kappa shape index (κ1) is 20.6. The molecule has 0 aliphatic carbocycles. The Morgan fingerprint density at radius 3 is 2.74 bits per heavy atom. The summed E-state index contributed by atoms with van der Waals surface area (Å²) in [6.07, 6.45) is 2.76. The average Bonchev–Trinajstić information content (AvgIpc) is 3.51. The molecular weight excluding hydrogens is 412 g/mol. The fourth-order valence-corrected chi connectivity index (χ4v) is 5.52. The van der Waals surface area contributed by atoms with Crippen molar-refractivity contribution in [3.63, 3.8) is 0 Å². The van der Waals surface area contributed by atoms with Crippen LogP contribution in [0.25, 0.3) is 20.7 Å². The molecular formula is C23H28N4O3S. The van der Waals surface area contributed by atoms with E-state index < -0.39 is 0 Å². The fourth-order valence-electron chi connectivity index (χ4n) is 4.44. The number of fused-ring (bicyclic) bond motifs is 1. The number of ether oxygens (including phenoxy) is 3. The third-order valence-corrected chi connectivity index (χ3v) is 7.37. The van der Waals surface area contributed by atoms with Crippen LogP contribution in [0.2, 0.25) is 0 Å². The summed E-state index contributed by atoms with van der Waals surface area (Å²) in [7, 11) is 1.68. The Hall–Kier alpha value is -2.26. The molecule has 1 N–H and O–H groups in total. The van der Waals surface area contributed by atoms with E-state index in [1.54, 1.807) is 24.8 Å². The van der Waals surface area contributed by atoms with Crippen molar-refractivity contribution >= 4 is 27.4 Å². The SMILES string of the molecule is COc1ccc(-c2cc3ncnc(NC[C@H]([C@@H]4CCOC4)N4CCOCC4)c3s2)cc1. The standard InChI is InChI=1S/C23H28N4O3S/c1-28-18-4-2-16(3-5-18)21-12-19-22(31-21)23(26-15-25-19)24-13-20(17-6-9-30-14-17)27-7-10-29-11-8-27/h2-5,12,15,17,20H,6-11,13-14H2,1H3,(H,24,25,26)/t17-,20-/m1/s1. The highest BCUT2D eigenvalue weighted by atomic mass is 32.1. The number of anilines is 1. The first-order valence-electron chi connectivity index (χ1n) is 10.8. The molecule has 5 rings (SSSR count). The third-order valence-electron chi connectivity index (χ3n) is 6.19. The van der Waals surface area contributed by atoms with Crippen LogP contribution in [-0.2, 0) is 9.47 Å². The number of morpholine rings is 1. The van der Waals surface area contributed by atoms with Gasteiger partial charge >= 0.3 is 0 Å². The van der Waals surface area contributed by atoms with Gasteiger partial charge in [0.05, 0.1) is 37.1 Å². The van der Waals surface area contributed by atoms with Crippen molar-refractivity contribution in [1.82, 2.24) is 14.9 Å². The van der Waals surface area contributed by atoms with E-state index in [9.17, 15) is 0 Å². The van der Waals surface area contributed by atoms with Crippen LogP contribution >= 0.6 is 11.3 Å². The maximum absolute atomic E-state index is 5.70. The smallest absolute Gasteiger partial charge is 0.147 e. The second kappa shape index (κ2) is 9.48. The molecule has 0 spiro atoms. The van der Waals surface area contributed by atoms with Gasteiger partial charge in [-0.3, -0.25) is 4.90 Å². The first-order chi connectivity index (χ1) is 15.3. The number of aromatic nitrogens is 2. The Morgan fingerprint density at radius 2 is 2.00 bits per heavy atom. The Bertz CT molecular complexity index is 998. The van der Waals surface area contributed by atoms with E-state index in [1.165, 1.54) is 4.88 Å². The van der Waals surface area contributed by atoms with Crippen molar-refractivity contribution in [2.24, 2.45) is 5.92 Å². The number of thiophene rings is 1. The molecule has 2 aromatic heterocycles. The molecule has 2 saturated heterocycles. The predicted molar refractivity (Wildman–Crippen MR) is 123 cm³/mol. The maximum Gasteiger partial charge on any atom is 0.147 e. The van der Waals surface area contributed by atoms with Crippen molar-refractivity contribution in [3.05, 3.63) is 36.7 Å². The van der Waals surface area contributed by atoms with Crippen molar-refractivity contribution in [2.75, 3.05) is 58.5 Å². The number of nitrogens with one attached hydrogen (secondary N) is 1. The zero-order chi connectivity index (χ0) is 21.0. The number of benzene rings is 1. The van der Waals surface area contributed by atoms with E-state index >= 15 is 0 Å². The molecule has 0 unspecified atom stereocenters. The molecule has 31 heavy (non-hydrogen) atoms. The molecule has 3 aromatic rings. The van der Waals surface area contributed by atoms with E-state index in [0.29, 0.717) is 12.0 Å². The monoisotopic (exact) mass is 440 g/mol. The minimum absolute atomic E-state index is 0.414. The molecule has 4 heterocycles. The van der Waals surface area contributed by atoms with Crippen molar-refractivity contribution in [3.8, 4) is 16.2 Å². The summed E-state index contributed by atoms with van der Waals surface area (Å²) < 4.78 is 17.6. The van der Waals surface area contributed by atoms with E-state index in [2.05, 4.69) is 38.4 Å². The molecule has 2 fully saturated rings. The molecule has 2 atom stereocenters. The Labute approximate surface area is 186 Å². The van der Waals surface area contributed by atoms with E-state index in [4.69, 9.17) is 14.2 Å². The lowest BCUT2D eigenvalue weighted by Crippen LogP contribution is -2.50. The lowest BCUT2D eigenvalue weighted by atomic mass is 9.97. The van der Waals surface area contributed by atoms with Gasteiger partial charge in [-0.25, -0.2) is 9.97 Å². The van der Waals surface area contributed by atoms with Gasteiger partial charge in [-0.05, 0) is 42.3 Å². The number of rotatable bonds is 7. The predicted octanol–water partition coefficient (Wildman–Crippen LogP) is 3.52. The highest BCUT2D eigenvalue weighted by molar-refractivity contribution is 7.22. The minimum atomic E-state index is 0.414. The topological polar surface area (TPSA) is 68.7 Å². The number of hydrogen-bond donors (Lipinski definition) is 1. The summed E-state index contributed by atoms with van der Waals surface area (Å²) >= 11 is 1.72. The molecule has 1 aromatic carbocycles. The van der Waals surface area contributed by atoms with Gasteiger partial charge in [0.25, 0.3) is 0 Å². The molecule has 0 amide bonds. The van der Waals surface area contributed by atoms with Gasteiger partial charge in [-0.2, -0.15) is 0 Å². The minimum Gasteiger partial charge on any atom is -0.497 e. The van der Waals surface area contributed by atoms with Gasteiger partial charge in [-0.1, -0.05) is 0 Å². The second-order valence-electron chi connectivity index (χ2n) is 8.00. The van der Waals surface area contributed by atoms with Crippen LogP contribution in [0.5, 0.6) is 5.75 Å². The second-order valence-corrected chi connectivity index (χ2v) is 9.05. The van der Waals surface area contributed by atoms with Crippen LogP contribution in [0.1, 0.15) is 6.42 Å². The molecule has 2 aliphatic heterocycles. The summed E-state index contributed by atoms with van der Waals surface area (Å²) in [4.78, 5) is 12.8. The van der Waals surface area contributed by atoms with Gasteiger partial charge in [0.15, 0.2) is 0 Å². The molecule has 164 valence electrons. The molecule has 7 nitrogen and oxygen atoms in total. The summed E-state index contributed by atoms with van der Waals surface area (Å²) in [6.45, 7) is 6.10. The Morgan fingerprint density at radius 1 is 1.16 bits per heavy atom. The Balaban J connectivity index is 1.36. The van der Waals surface area contributed by atoms with Gasteiger partial charge in [0.1, 0.15) is 17.9 Å². The molecule has 0 bridgehead atoms. The van der Waals surface area contributed by atoms with Gasteiger partial charge in [-0.15, -0.1) is 11.3 Å². The van der Waals surface area contributed by atoms with Crippen LogP contribution < -0.4 is 10.1 Å².